The molecule has 1 fully saturated rings. The van der Waals surface area contributed by atoms with E-state index < -0.39 is 34.8 Å². The molecular weight excluding hydrogens is 358 g/mol. The molecule has 3 rings (SSSR count). The minimum absolute atomic E-state index is 0.0490. The molecule has 2 aromatic carbocycles. The molecule has 0 spiro atoms. The summed E-state index contributed by atoms with van der Waals surface area (Å²) < 4.78 is 31.0. The first-order valence-electron chi connectivity index (χ1n) is 8.13. The van der Waals surface area contributed by atoms with E-state index in [1.807, 2.05) is 0 Å². The maximum absolute atomic E-state index is 13.3. The molecule has 2 N–H and O–H groups in total. The van der Waals surface area contributed by atoms with Crippen LogP contribution in [0.15, 0.2) is 42.5 Å². The molecule has 0 aliphatic heterocycles. The van der Waals surface area contributed by atoms with E-state index >= 15 is 0 Å². The van der Waals surface area contributed by atoms with Gasteiger partial charge in [-0.2, -0.15) is 0 Å². The summed E-state index contributed by atoms with van der Waals surface area (Å²) in [6, 6.07) is 9.19. The number of nitrogens with one attached hydrogen (secondary N) is 2. The van der Waals surface area contributed by atoms with Gasteiger partial charge in [-0.05, 0) is 37.1 Å². The highest BCUT2D eigenvalue weighted by Gasteiger charge is 2.56. The van der Waals surface area contributed by atoms with Crippen LogP contribution in [0.25, 0.3) is 0 Å². The van der Waals surface area contributed by atoms with Gasteiger partial charge in [0.1, 0.15) is 5.41 Å². The Morgan fingerprint density at radius 1 is 0.963 bits per heavy atom. The van der Waals surface area contributed by atoms with E-state index in [2.05, 4.69) is 15.4 Å². The largest absolute Gasteiger partial charge is 0.465 e. The molecule has 140 valence electrons. The average molecular weight is 374 g/mol. The predicted octanol–water partition coefficient (Wildman–Crippen LogP) is 3.11. The Labute approximate surface area is 153 Å². The fraction of sp³-hybridized carbons (Fsp3) is 0.211. The van der Waals surface area contributed by atoms with E-state index in [1.165, 1.54) is 25.3 Å². The highest BCUT2D eigenvalue weighted by Crippen LogP contribution is 2.47. The van der Waals surface area contributed by atoms with Crippen molar-refractivity contribution in [3.63, 3.8) is 0 Å². The van der Waals surface area contributed by atoms with Crippen molar-refractivity contribution in [1.82, 2.24) is 0 Å². The van der Waals surface area contributed by atoms with E-state index in [0.717, 1.165) is 12.1 Å². The van der Waals surface area contributed by atoms with Gasteiger partial charge in [-0.1, -0.05) is 12.1 Å². The Morgan fingerprint density at radius 3 is 2.26 bits per heavy atom. The summed E-state index contributed by atoms with van der Waals surface area (Å²) in [6.45, 7) is 0. The van der Waals surface area contributed by atoms with Gasteiger partial charge in [-0.15, -0.1) is 0 Å². The van der Waals surface area contributed by atoms with Gasteiger partial charge in [0, 0.05) is 11.8 Å². The number of ether oxygens (including phenoxy) is 1. The zero-order valence-corrected chi connectivity index (χ0v) is 14.3. The van der Waals surface area contributed by atoms with Crippen molar-refractivity contribution < 1.29 is 27.9 Å². The average Bonchev–Trinajstić information content (AvgIpc) is 3.47. The molecule has 0 heterocycles. The predicted molar refractivity (Wildman–Crippen MR) is 93.1 cm³/mol. The zero-order valence-electron chi connectivity index (χ0n) is 14.3. The second-order valence-corrected chi connectivity index (χ2v) is 6.16. The molecule has 1 aliphatic carbocycles. The summed E-state index contributed by atoms with van der Waals surface area (Å²) >= 11 is 0. The topological polar surface area (TPSA) is 84.5 Å². The highest BCUT2D eigenvalue weighted by molar-refractivity contribution is 6.17. The number of anilines is 2. The van der Waals surface area contributed by atoms with Crippen molar-refractivity contribution >= 4 is 29.2 Å². The number of hydrogen-bond donors (Lipinski definition) is 2. The summed E-state index contributed by atoms with van der Waals surface area (Å²) in [6.07, 6.45) is 0.601. The quantitative estimate of drug-likeness (QED) is 0.622. The molecule has 0 unspecified atom stereocenters. The lowest BCUT2D eigenvalue weighted by Gasteiger charge is -2.17. The number of esters is 1. The fourth-order valence-corrected chi connectivity index (χ4v) is 2.63. The first-order chi connectivity index (χ1) is 12.9. The van der Waals surface area contributed by atoms with Crippen LogP contribution in [-0.4, -0.2) is 24.9 Å². The van der Waals surface area contributed by atoms with Crippen LogP contribution in [0.3, 0.4) is 0 Å². The molecule has 0 radical (unpaired) electrons. The number of hydrogen-bond acceptors (Lipinski definition) is 4. The van der Waals surface area contributed by atoms with Crippen molar-refractivity contribution in [2.45, 2.75) is 12.8 Å². The number of carbonyl (C=O) groups excluding carboxylic acids is 3. The van der Waals surface area contributed by atoms with Crippen LogP contribution in [-0.2, 0) is 14.3 Å². The Balaban J connectivity index is 1.76. The van der Waals surface area contributed by atoms with Crippen molar-refractivity contribution in [3.8, 4) is 0 Å². The van der Waals surface area contributed by atoms with Crippen LogP contribution in [0.1, 0.15) is 23.2 Å². The first-order valence-corrected chi connectivity index (χ1v) is 8.13. The number of carbonyl (C=O) groups is 3. The molecule has 2 aromatic rings. The third kappa shape index (κ3) is 3.64. The summed E-state index contributed by atoms with van der Waals surface area (Å²) in [5, 5.41) is 5.01. The zero-order chi connectivity index (χ0) is 19.6. The third-order valence-electron chi connectivity index (χ3n) is 4.38. The van der Waals surface area contributed by atoms with Crippen LogP contribution in [0.2, 0.25) is 0 Å². The van der Waals surface area contributed by atoms with E-state index in [-0.39, 0.29) is 16.9 Å². The monoisotopic (exact) mass is 374 g/mol. The number of methoxy groups -OCH3 is 1. The summed E-state index contributed by atoms with van der Waals surface area (Å²) in [7, 11) is 1.22. The number of para-hydroxylation sites is 1. The molecule has 8 heteroatoms. The maximum atomic E-state index is 13.3. The van der Waals surface area contributed by atoms with Gasteiger partial charge in [0.25, 0.3) is 0 Å². The molecular formula is C19H16F2N2O4. The van der Waals surface area contributed by atoms with E-state index in [9.17, 15) is 23.2 Å². The van der Waals surface area contributed by atoms with Crippen molar-refractivity contribution in [1.29, 1.82) is 0 Å². The van der Waals surface area contributed by atoms with E-state index in [4.69, 9.17) is 0 Å². The van der Waals surface area contributed by atoms with E-state index in [1.54, 1.807) is 12.1 Å². The van der Waals surface area contributed by atoms with Crippen LogP contribution >= 0.6 is 0 Å². The van der Waals surface area contributed by atoms with Gasteiger partial charge in [-0.25, -0.2) is 13.6 Å². The summed E-state index contributed by atoms with van der Waals surface area (Å²) in [5.41, 5.74) is -0.895. The number of rotatable bonds is 5. The fourth-order valence-electron chi connectivity index (χ4n) is 2.63. The van der Waals surface area contributed by atoms with Gasteiger partial charge in [0.05, 0.1) is 18.4 Å². The van der Waals surface area contributed by atoms with Crippen LogP contribution < -0.4 is 10.6 Å². The Kier molecular flexibility index (Phi) is 4.89. The molecule has 2 amide bonds. The van der Waals surface area contributed by atoms with Crippen LogP contribution in [0.5, 0.6) is 0 Å². The lowest BCUT2D eigenvalue weighted by atomic mass is 10.0. The number of amides is 2. The van der Waals surface area contributed by atoms with Gasteiger partial charge in [0.15, 0.2) is 11.6 Å². The SMILES string of the molecule is COC(=O)c1ccccc1NC(=O)C1(C(=O)Nc2ccc(F)c(F)c2)CC1. The Bertz CT molecular complexity index is 926. The molecule has 0 bridgehead atoms. The van der Waals surface area contributed by atoms with Crippen molar-refractivity contribution in [2.24, 2.45) is 5.41 Å². The molecule has 0 atom stereocenters. The summed E-state index contributed by atoms with van der Waals surface area (Å²) in [4.78, 5) is 37.0. The third-order valence-corrected chi connectivity index (χ3v) is 4.38. The van der Waals surface area contributed by atoms with Crippen LogP contribution in [0, 0.1) is 17.0 Å². The second-order valence-electron chi connectivity index (χ2n) is 6.16. The standard InChI is InChI=1S/C19H16F2N2O4/c1-27-16(24)12-4-2-3-5-15(12)23-18(26)19(8-9-19)17(25)22-11-6-7-13(20)14(21)10-11/h2-7,10H,8-9H2,1H3,(H,22,25)(H,23,26). The van der Waals surface area contributed by atoms with Crippen molar-refractivity contribution in [3.05, 3.63) is 59.7 Å². The molecule has 6 nitrogen and oxygen atoms in total. The lowest BCUT2D eigenvalue weighted by Crippen LogP contribution is -2.36. The summed E-state index contributed by atoms with van der Waals surface area (Å²) in [5.74, 6) is -3.97. The number of benzene rings is 2. The molecule has 27 heavy (non-hydrogen) atoms. The maximum Gasteiger partial charge on any atom is 0.339 e. The van der Waals surface area contributed by atoms with E-state index in [0.29, 0.717) is 12.8 Å². The highest BCUT2D eigenvalue weighted by atomic mass is 19.2. The normalized spacial score (nSPS) is 14.2. The smallest absolute Gasteiger partial charge is 0.339 e. The molecule has 0 aromatic heterocycles. The Hall–Kier alpha value is -3.29. The number of halogens is 2. The lowest BCUT2D eigenvalue weighted by molar-refractivity contribution is -0.131. The van der Waals surface area contributed by atoms with Gasteiger partial charge >= 0.3 is 5.97 Å². The van der Waals surface area contributed by atoms with Crippen LogP contribution in [0.4, 0.5) is 20.2 Å². The molecule has 1 aliphatic rings. The minimum Gasteiger partial charge on any atom is -0.465 e. The first kappa shape index (κ1) is 18.5. The Morgan fingerprint density at radius 2 is 1.63 bits per heavy atom. The van der Waals surface area contributed by atoms with Gasteiger partial charge in [-0.3, -0.25) is 9.59 Å². The molecule has 1 saturated carbocycles. The molecule has 0 saturated heterocycles. The second kappa shape index (κ2) is 7.14. The van der Waals surface area contributed by atoms with Crippen molar-refractivity contribution in [2.75, 3.05) is 17.7 Å². The minimum atomic E-state index is -1.33. The van der Waals surface area contributed by atoms with Gasteiger partial charge < -0.3 is 15.4 Å². The van der Waals surface area contributed by atoms with Gasteiger partial charge in [0.2, 0.25) is 11.8 Å².